The van der Waals surface area contributed by atoms with Gasteiger partial charge in [0.05, 0.1) is 11.4 Å². The van der Waals surface area contributed by atoms with Crippen molar-refractivity contribution in [2.24, 2.45) is 0 Å². The van der Waals surface area contributed by atoms with Crippen LogP contribution in [0, 0.1) is 0 Å². The number of benzene rings is 3. The molecule has 0 bridgehead atoms. The maximum atomic E-state index is 3.67. The molecule has 0 spiro atoms. The third-order valence-corrected chi connectivity index (χ3v) is 13.6. The Hall–Kier alpha value is -0.510. The van der Waals surface area contributed by atoms with Crippen LogP contribution in [0.5, 0.6) is 0 Å². The second-order valence-corrected chi connectivity index (χ2v) is 13.1. The Morgan fingerprint density at radius 2 is 1.15 bits per heavy atom. The molecule has 1 saturated heterocycles. The van der Waals surface area contributed by atoms with Crippen LogP contribution in [0.15, 0.2) is 91.0 Å². The molecule has 5 heteroatoms. The van der Waals surface area contributed by atoms with Gasteiger partial charge in [0.15, 0.2) is 6.46 Å². The molecule has 1 fully saturated rings. The fraction of sp³-hybridized carbons (Fsp3) is 0.143. The van der Waals surface area contributed by atoms with Crippen molar-refractivity contribution in [1.82, 2.24) is 5.32 Å². The molecule has 3 aromatic carbocycles. The Morgan fingerprint density at radius 1 is 0.731 bits per heavy atom. The molecule has 0 aromatic heterocycles. The van der Waals surface area contributed by atoms with Crippen molar-refractivity contribution >= 4 is 45.5 Å². The molecule has 3 aromatic rings. The van der Waals surface area contributed by atoms with Gasteiger partial charge in [0.25, 0.3) is 0 Å². The first-order chi connectivity index (χ1) is 12.4. The number of rotatable bonds is 5. The molecule has 1 N–H and O–H groups in total. The molecule has 1 aliphatic heterocycles. The van der Waals surface area contributed by atoms with Crippen LogP contribution in [0.1, 0.15) is 0 Å². The Balaban J connectivity index is 0.00000196. The molecule has 4 rings (SSSR count). The summed E-state index contributed by atoms with van der Waals surface area (Å²) in [5, 5.41) is 7.99. The second kappa shape index (κ2) is 9.61. The summed E-state index contributed by atoms with van der Waals surface area (Å²) in [4.78, 5) is 0. The maximum absolute atomic E-state index is 3.67. The van der Waals surface area contributed by atoms with Gasteiger partial charge in [-0.3, -0.25) is 5.32 Å². The van der Waals surface area contributed by atoms with Gasteiger partial charge in [0.2, 0.25) is 0 Å². The van der Waals surface area contributed by atoms with Gasteiger partial charge in [-0.15, -0.1) is 11.8 Å². The summed E-state index contributed by atoms with van der Waals surface area (Å²) in [6, 6.07) is 33.2. The topological polar surface area (TPSA) is 12.0 Å². The first-order valence-electron chi connectivity index (χ1n) is 8.49. The SMILES string of the molecule is [Au].c1ccc([P+](SC2NCCS2)(c2ccccc2)c2ccccc2)cc1. The van der Waals surface area contributed by atoms with Crippen LogP contribution in [-0.4, -0.2) is 17.0 Å². The van der Waals surface area contributed by atoms with Crippen LogP contribution >= 0.6 is 29.6 Å². The van der Waals surface area contributed by atoms with Crippen molar-refractivity contribution in [3.63, 3.8) is 0 Å². The van der Waals surface area contributed by atoms with Crippen molar-refractivity contribution in [3.05, 3.63) is 91.0 Å². The van der Waals surface area contributed by atoms with Gasteiger partial charge in [-0.25, -0.2) is 0 Å². The molecule has 1 unspecified atom stereocenters. The fourth-order valence-corrected chi connectivity index (χ4v) is 12.9. The maximum Gasteiger partial charge on any atom is 0.173 e. The third-order valence-electron chi connectivity index (χ3n) is 4.30. The van der Waals surface area contributed by atoms with Crippen molar-refractivity contribution in [2.75, 3.05) is 12.3 Å². The normalized spacial score (nSPS) is 16.8. The Labute approximate surface area is 180 Å². The molecule has 1 aliphatic rings. The summed E-state index contributed by atoms with van der Waals surface area (Å²) in [7, 11) is 0. The van der Waals surface area contributed by atoms with E-state index in [0.717, 1.165) is 6.54 Å². The number of nitrogens with one attached hydrogen (secondary N) is 1. The minimum absolute atomic E-state index is 0. The Morgan fingerprint density at radius 3 is 1.50 bits per heavy atom. The van der Waals surface area contributed by atoms with E-state index in [4.69, 9.17) is 0 Å². The average molecular weight is 579 g/mol. The van der Waals surface area contributed by atoms with E-state index < -0.39 is 6.46 Å². The first kappa shape index (κ1) is 20.2. The summed E-state index contributed by atoms with van der Waals surface area (Å²) in [6.07, 6.45) is 0. The van der Waals surface area contributed by atoms with Gasteiger partial charge in [0, 0.05) is 34.7 Å². The van der Waals surface area contributed by atoms with Crippen LogP contribution in [0.4, 0.5) is 0 Å². The quantitative estimate of drug-likeness (QED) is 0.359. The van der Waals surface area contributed by atoms with E-state index in [2.05, 4.69) is 108 Å². The van der Waals surface area contributed by atoms with E-state index in [1.54, 1.807) is 0 Å². The smallest absolute Gasteiger partial charge is 0.173 e. The van der Waals surface area contributed by atoms with E-state index in [1.165, 1.54) is 21.7 Å². The zero-order chi connectivity index (χ0) is 17.0. The predicted octanol–water partition coefficient (Wildman–Crippen LogP) is 4.25. The minimum atomic E-state index is -1.77. The summed E-state index contributed by atoms with van der Waals surface area (Å²) >= 11 is 4.15. The summed E-state index contributed by atoms with van der Waals surface area (Å²) in [6.45, 7) is -0.671. The van der Waals surface area contributed by atoms with E-state index in [-0.39, 0.29) is 22.4 Å². The predicted molar refractivity (Wildman–Crippen MR) is 117 cm³/mol. The zero-order valence-corrected chi connectivity index (χ0v) is 18.9. The van der Waals surface area contributed by atoms with Gasteiger partial charge in [-0.1, -0.05) is 54.6 Å². The van der Waals surface area contributed by atoms with Gasteiger partial charge < -0.3 is 0 Å². The van der Waals surface area contributed by atoms with Crippen LogP contribution in [0.2, 0.25) is 0 Å². The van der Waals surface area contributed by atoms with E-state index >= 15 is 0 Å². The molecule has 137 valence electrons. The van der Waals surface area contributed by atoms with Crippen LogP contribution in [0.3, 0.4) is 0 Å². The number of hydrogen-bond acceptors (Lipinski definition) is 3. The molecule has 1 radical (unpaired) electrons. The van der Waals surface area contributed by atoms with Crippen LogP contribution in [0.25, 0.3) is 0 Å². The van der Waals surface area contributed by atoms with Gasteiger partial charge in [0.1, 0.15) is 20.6 Å². The second-order valence-electron chi connectivity index (χ2n) is 5.88. The zero-order valence-electron chi connectivity index (χ0n) is 14.2. The summed E-state index contributed by atoms with van der Waals surface area (Å²) in [5.74, 6) is 1.19. The number of thioether (sulfide) groups is 1. The van der Waals surface area contributed by atoms with Gasteiger partial charge in [-0.2, -0.15) is 0 Å². The molecule has 0 saturated carbocycles. The summed E-state index contributed by atoms with van der Waals surface area (Å²) < 4.78 is 0.439. The molecule has 0 aliphatic carbocycles. The molecule has 1 heterocycles. The fourth-order valence-electron chi connectivity index (χ4n) is 3.16. The van der Waals surface area contributed by atoms with E-state index in [0.29, 0.717) is 4.71 Å². The van der Waals surface area contributed by atoms with E-state index in [1.807, 2.05) is 11.8 Å². The van der Waals surface area contributed by atoms with Crippen LogP contribution < -0.4 is 21.2 Å². The molecule has 1 nitrogen and oxygen atoms in total. The van der Waals surface area contributed by atoms with Crippen molar-refractivity contribution in [1.29, 1.82) is 0 Å². The standard InChI is InChI=1S/C21H21NPS2.Au/c1-4-10-18(11-5-1)23(19-12-6-2-7-13-19,20-14-8-3-9-15-20)25-21-22-16-17-24-21;/h1-15,21-22H,16-17H2;/q+1;. The average Bonchev–Trinajstić information content (AvgIpc) is 3.21. The minimum Gasteiger partial charge on any atom is -0.293 e. The van der Waals surface area contributed by atoms with Crippen molar-refractivity contribution < 1.29 is 22.4 Å². The number of hydrogen-bond donors (Lipinski definition) is 1. The van der Waals surface area contributed by atoms with Crippen molar-refractivity contribution in [3.8, 4) is 0 Å². The molecule has 26 heavy (non-hydrogen) atoms. The Kier molecular flexibility index (Phi) is 7.48. The first-order valence-corrected chi connectivity index (χ1v) is 12.8. The van der Waals surface area contributed by atoms with E-state index in [9.17, 15) is 0 Å². The largest absolute Gasteiger partial charge is 0.293 e. The molecule has 1 atom stereocenters. The van der Waals surface area contributed by atoms with Crippen molar-refractivity contribution in [2.45, 2.75) is 4.71 Å². The van der Waals surface area contributed by atoms with Gasteiger partial charge in [-0.05, 0) is 36.4 Å². The monoisotopic (exact) mass is 579 g/mol. The van der Waals surface area contributed by atoms with Gasteiger partial charge >= 0.3 is 0 Å². The molecular formula is C21H21AuNPS2+. The molecule has 0 amide bonds. The summed E-state index contributed by atoms with van der Waals surface area (Å²) in [5.41, 5.74) is 0. The Bertz CT molecular complexity index is 699. The molecular weight excluding hydrogens is 558 g/mol. The third kappa shape index (κ3) is 4.15. The van der Waals surface area contributed by atoms with Crippen LogP contribution in [-0.2, 0) is 22.4 Å².